The van der Waals surface area contributed by atoms with Gasteiger partial charge in [-0.3, -0.25) is 9.59 Å². The van der Waals surface area contributed by atoms with E-state index in [1.807, 2.05) is 6.92 Å². The molecule has 3 fully saturated rings. The summed E-state index contributed by atoms with van der Waals surface area (Å²) in [6.07, 6.45) is 5.00. The number of carbonyl (C=O) groups excluding carboxylic acids is 2. The molecule has 3 saturated heterocycles. The van der Waals surface area contributed by atoms with Crippen molar-refractivity contribution in [2.75, 3.05) is 11.6 Å². The van der Waals surface area contributed by atoms with Gasteiger partial charge in [-0.25, -0.2) is 0 Å². The van der Waals surface area contributed by atoms with E-state index in [4.69, 9.17) is 0 Å². The maximum Gasteiger partial charge on any atom is 0.243 e. The molecule has 3 aliphatic rings. The van der Waals surface area contributed by atoms with Crippen LogP contribution in [-0.4, -0.2) is 52.5 Å². The summed E-state index contributed by atoms with van der Waals surface area (Å²) in [5.74, 6) is 1.51. The molecule has 0 aliphatic carbocycles. The third-order valence-electron chi connectivity index (χ3n) is 4.63. The van der Waals surface area contributed by atoms with Crippen molar-refractivity contribution >= 4 is 23.6 Å². The second-order valence-corrected chi connectivity index (χ2v) is 7.05. The van der Waals surface area contributed by atoms with Gasteiger partial charge in [-0.05, 0) is 25.7 Å². The molecule has 2 amide bonds. The van der Waals surface area contributed by atoms with Crippen LogP contribution in [0.2, 0.25) is 0 Å². The number of nitrogens with zero attached hydrogens (tertiary/aromatic N) is 1. The second kappa shape index (κ2) is 5.93. The number of hydrogen-bond donors (Lipinski definition) is 2. The monoisotopic (exact) mass is 297 g/mol. The molecule has 3 unspecified atom stereocenters. The number of piperidine rings is 1. The molecule has 3 aliphatic heterocycles. The molecule has 112 valence electrons. The van der Waals surface area contributed by atoms with Crippen LogP contribution < -0.4 is 10.6 Å². The van der Waals surface area contributed by atoms with Gasteiger partial charge in [-0.1, -0.05) is 6.92 Å². The van der Waals surface area contributed by atoms with Crippen LogP contribution in [0.1, 0.15) is 39.0 Å². The summed E-state index contributed by atoms with van der Waals surface area (Å²) in [6, 6.07) is 1.17. The van der Waals surface area contributed by atoms with Gasteiger partial charge >= 0.3 is 0 Å². The zero-order valence-corrected chi connectivity index (χ0v) is 12.7. The van der Waals surface area contributed by atoms with E-state index in [1.165, 1.54) is 12.8 Å². The lowest BCUT2D eigenvalue weighted by molar-refractivity contribution is -0.138. The molecule has 0 spiro atoms. The minimum atomic E-state index is -0.264. The van der Waals surface area contributed by atoms with Crippen LogP contribution in [0.3, 0.4) is 0 Å². The minimum absolute atomic E-state index is 0.0445. The molecule has 6 heteroatoms. The Hall–Kier alpha value is -0.750. The molecule has 3 atom stereocenters. The number of rotatable bonds is 3. The fourth-order valence-corrected chi connectivity index (χ4v) is 4.76. The molecule has 2 N–H and O–H groups in total. The summed E-state index contributed by atoms with van der Waals surface area (Å²) >= 11 is 1.67. The highest BCUT2D eigenvalue weighted by Crippen LogP contribution is 2.27. The van der Waals surface area contributed by atoms with Crippen molar-refractivity contribution in [3.05, 3.63) is 0 Å². The second-order valence-electron chi connectivity index (χ2n) is 6.05. The van der Waals surface area contributed by atoms with Gasteiger partial charge in [-0.15, -0.1) is 11.8 Å². The Kier molecular flexibility index (Phi) is 4.21. The van der Waals surface area contributed by atoms with Gasteiger partial charge in [0.1, 0.15) is 6.04 Å². The molecule has 0 radical (unpaired) electrons. The smallest absolute Gasteiger partial charge is 0.243 e. The van der Waals surface area contributed by atoms with Gasteiger partial charge in [0, 0.05) is 30.3 Å². The minimum Gasteiger partial charge on any atom is -0.351 e. The van der Waals surface area contributed by atoms with Crippen molar-refractivity contribution in [1.29, 1.82) is 0 Å². The van der Waals surface area contributed by atoms with Gasteiger partial charge in [0.15, 0.2) is 0 Å². The molecule has 3 rings (SSSR count). The Labute approximate surface area is 124 Å². The average Bonchev–Trinajstić information content (AvgIpc) is 3.05. The zero-order chi connectivity index (χ0) is 14.1. The van der Waals surface area contributed by atoms with Gasteiger partial charge in [0.05, 0.1) is 5.88 Å². The van der Waals surface area contributed by atoms with Gasteiger partial charge in [0.2, 0.25) is 11.8 Å². The van der Waals surface area contributed by atoms with E-state index < -0.39 is 0 Å². The molecule has 2 bridgehead atoms. The van der Waals surface area contributed by atoms with E-state index in [1.54, 1.807) is 16.7 Å². The third-order valence-corrected chi connectivity index (χ3v) is 5.64. The number of thioether (sulfide) groups is 1. The van der Waals surface area contributed by atoms with Crippen LogP contribution in [0.4, 0.5) is 0 Å². The quantitative estimate of drug-likeness (QED) is 0.805. The van der Waals surface area contributed by atoms with Crippen LogP contribution >= 0.6 is 11.8 Å². The first-order valence-corrected chi connectivity index (χ1v) is 8.76. The molecule has 0 saturated carbocycles. The Balaban J connectivity index is 1.57. The number of amides is 2. The van der Waals surface area contributed by atoms with Gasteiger partial charge < -0.3 is 15.5 Å². The number of hydrogen-bond acceptors (Lipinski definition) is 4. The highest BCUT2D eigenvalue weighted by Gasteiger charge is 2.38. The van der Waals surface area contributed by atoms with E-state index in [2.05, 4.69) is 10.6 Å². The first-order chi connectivity index (χ1) is 9.67. The summed E-state index contributed by atoms with van der Waals surface area (Å²) in [5.41, 5.74) is 0. The average molecular weight is 297 g/mol. The third kappa shape index (κ3) is 2.81. The lowest BCUT2D eigenvalue weighted by Crippen LogP contribution is -2.53. The van der Waals surface area contributed by atoms with Crippen molar-refractivity contribution in [1.82, 2.24) is 15.5 Å². The van der Waals surface area contributed by atoms with Crippen LogP contribution in [0.25, 0.3) is 0 Å². The largest absolute Gasteiger partial charge is 0.351 e. The van der Waals surface area contributed by atoms with E-state index in [-0.39, 0.29) is 23.9 Å². The van der Waals surface area contributed by atoms with E-state index in [0.29, 0.717) is 24.4 Å². The predicted octanol–water partition coefficient (Wildman–Crippen LogP) is 0.697. The number of fused-ring (bicyclic) bond motifs is 2. The highest BCUT2D eigenvalue weighted by molar-refractivity contribution is 7.99. The Morgan fingerprint density at radius 3 is 2.65 bits per heavy atom. The SMILES string of the molecule is CCC(=O)N1CSCC1C(=O)NC1CC2CCC(C1)N2. The Morgan fingerprint density at radius 2 is 2.00 bits per heavy atom. The van der Waals surface area contributed by atoms with Gasteiger partial charge in [0.25, 0.3) is 0 Å². The first-order valence-electron chi connectivity index (χ1n) is 7.61. The molecular weight excluding hydrogens is 274 g/mol. The van der Waals surface area contributed by atoms with E-state index in [9.17, 15) is 9.59 Å². The Bertz CT molecular complexity index is 392. The number of carbonyl (C=O) groups is 2. The lowest BCUT2D eigenvalue weighted by Gasteiger charge is -2.31. The van der Waals surface area contributed by atoms with Crippen molar-refractivity contribution in [3.8, 4) is 0 Å². The fourth-order valence-electron chi connectivity index (χ4n) is 3.58. The molecule has 0 aromatic heterocycles. The van der Waals surface area contributed by atoms with Crippen LogP contribution in [0.5, 0.6) is 0 Å². The fraction of sp³-hybridized carbons (Fsp3) is 0.857. The normalized spacial score (nSPS) is 36.1. The van der Waals surface area contributed by atoms with Crippen LogP contribution in [-0.2, 0) is 9.59 Å². The summed E-state index contributed by atoms with van der Waals surface area (Å²) in [4.78, 5) is 26.0. The standard InChI is InChI=1S/C14H23N3O2S/c1-2-13(18)17-8-20-7-12(17)14(19)16-11-5-9-3-4-10(6-11)15-9/h9-12,15H,2-8H2,1H3,(H,16,19). The van der Waals surface area contributed by atoms with E-state index >= 15 is 0 Å². The van der Waals surface area contributed by atoms with Gasteiger partial charge in [-0.2, -0.15) is 0 Å². The van der Waals surface area contributed by atoms with Crippen LogP contribution in [0, 0.1) is 0 Å². The maximum atomic E-state index is 12.4. The maximum absolute atomic E-state index is 12.4. The van der Waals surface area contributed by atoms with Crippen LogP contribution in [0.15, 0.2) is 0 Å². The lowest BCUT2D eigenvalue weighted by atomic mass is 9.99. The number of nitrogens with one attached hydrogen (secondary N) is 2. The van der Waals surface area contributed by atoms with Crippen molar-refractivity contribution < 1.29 is 9.59 Å². The summed E-state index contributed by atoms with van der Waals surface area (Å²) in [5, 5.41) is 6.76. The van der Waals surface area contributed by atoms with Crippen molar-refractivity contribution in [3.63, 3.8) is 0 Å². The Morgan fingerprint density at radius 1 is 1.30 bits per heavy atom. The molecule has 3 heterocycles. The summed E-state index contributed by atoms with van der Waals surface area (Å²) in [6.45, 7) is 1.85. The molecule has 0 aromatic rings. The summed E-state index contributed by atoms with van der Waals surface area (Å²) < 4.78 is 0. The van der Waals surface area contributed by atoms with Crippen molar-refractivity contribution in [2.24, 2.45) is 0 Å². The topological polar surface area (TPSA) is 61.4 Å². The molecule has 20 heavy (non-hydrogen) atoms. The molecule has 0 aromatic carbocycles. The zero-order valence-electron chi connectivity index (χ0n) is 11.9. The molecule has 5 nitrogen and oxygen atoms in total. The highest BCUT2D eigenvalue weighted by atomic mass is 32.2. The first kappa shape index (κ1) is 14.2. The summed E-state index contributed by atoms with van der Waals surface area (Å²) in [7, 11) is 0. The molecular formula is C14H23N3O2S. The predicted molar refractivity (Wildman–Crippen MR) is 79.4 cm³/mol. The van der Waals surface area contributed by atoms with E-state index in [0.717, 1.165) is 18.6 Å². The van der Waals surface area contributed by atoms with Crippen molar-refractivity contribution in [2.45, 2.75) is 63.2 Å².